The molecule has 0 amide bonds. The molecule has 0 spiro atoms. The van der Waals surface area contributed by atoms with E-state index < -0.39 is 11.7 Å². The second-order valence-electron chi connectivity index (χ2n) is 5.51. The van der Waals surface area contributed by atoms with E-state index in [1.165, 1.54) is 16.7 Å². The highest BCUT2D eigenvalue weighted by molar-refractivity contribution is 6.32. The monoisotopic (exact) mass is 380 g/mol. The summed E-state index contributed by atoms with van der Waals surface area (Å²) in [5, 5.41) is 0.265. The molecule has 0 saturated heterocycles. The van der Waals surface area contributed by atoms with Crippen molar-refractivity contribution in [3.8, 4) is 5.75 Å². The van der Waals surface area contributed by atoms with E-state index in [1.54, 1.807) is 12.3 Å². The summed E-state index contributed by atoms with van der Waals surface area (Å²) >= 11 is 6.23. The van der Waals surface area contributed by atoms with Crippen LogP contribution >= 0.6 is 11.6 Å². The quantitative estimate of drug-likeness (QED) is 0.652. The van der Waals surface area contributed by atoms with Crippen molar-refractivity contribution >= 4 is 28.7 Å². The third kappa shape index (κ3) is 3.70. The molecule has 9 heteroatoms. The number of benzene rings is 1. The van der Waals surface area contributed by atoms with Crippen molar-refractivity contribution in [2.24, 2.45) is 0 Å². The summed E-state index contributed by atoms with van der Waals surface area (Å²) in [4.78, 5) is 30.1. The summed E-state index contributed by atoms with van der Waals surface area (Å²) in [6.45, 7) is 2.02. The van der Waals surface area contributed by atoms with Crippen LogP contribution in [0, 0.1) is 6.92 Å². The number of halogens is 2. The number of rotatable bonds is 6. The van der Waals surface area contributed by atoms with Gasteiger partial charge in [-0.1, -0.05) is 17.7 Å². The smallest absolute Gasteiger partial charge is 0.419 e. The fourth-order valence-electron chi connectivity index (χ4n) is 2.45. The molecular weight excluding hydrogens is 367 g/mol. The normalized spacial score (nSPS) is 10.9. The topological polar surface area (TPSA) is 83.6 Å². The Morgan fingerprint density at radius 3 is 2.96 bits per heavy atom. The number of carbonyl (C=O) groups excluding carboxylic acids is 1. The summed E-state index contributed by atoms with van der Waals surface area (Å²) in [5.74, 6) is -1.43. The standard InChI is InChI=1S/C17H14ClFN2O5/c1-10-11(3-2-5-20-10)9-24-14-8-15-13(7-12(14)18)21(17(23)25-15)6-4-16(22)26-19/h2-3,5,7-8H,4,6,9H2,1H3. The van der Waals surface area contributed by atoms with E-state index in [-0.39, 0.29) is 30.2 Å². The molecule has 0 unspecified atom stereocenters. The Hall–Kier alpha value is -2.87. The first-order chi connectivity index (χ1) is 12.5. The molecule has 0 N–H and O–H groups in total. The predicted octanol–water partition coefficient (Wildman–Crippen LogP) is 3.35. The number of oxazole rings is 1. The van der Waals surface area contributed by atoms with Gasteiger partial charge < -0.3 is 9.15 Å². The minimum Gasteiger partial charge on any atom is -0.487 e. The average molecular weight is 381 g/mol. The van der Waals surface area contributed by atoms with Crippen LogP contribution in [-0.4, -0.2) is 15.5 Å². The van der Waals surface area contributed by atoms with Gasteiger partial charge in [0.15, 0.2) is 5.58 Å². The molecule has 0 aliphatic carbocycles. The number of pyridine rings is 1. The summed E-state index contributed by atoms with van der Waals surface area (Å²) in [6, 6.07) is 6.68. The summed E-state index contributed by atoms with van der Waals surface area (Å²) in [5.41, 5.74) is 2.34. The van der Waals surface area contributed by atoms with Gasteiger partial charge in [-0.2, -0.15) is 0 Å². The van der Waals surface area contributed by atoms with Gasteiger partial charge >= 0.3 is 11.7 Å². The number of ether oxygens (including phenoxy) is 1. The van der Waals surface area contributed by atoms with Gasteiger partial charge in [0.2, 0.25) is 0 Å². The minimum atomic E-state index is -1.08. The first-order valence-electron chi connectivity index (χ1n) is 7.67. The summed E-state index contributed by atoms with van der Waals surface area (Å²) in [7, 11) is 0. The number of nitrogens with zero attached hydrogens (tertiary/aromatic N) is 2. The lowest BCUT2D eigenvalue weighted by molar-refractivity contribution is -0.183. The van der Waals surface area contributed by atoms with Gasteiger partial charge in [0, 0.05) is 34.6 Å². The number of aromatic nitrogens is 2. The molecule has 3 aromatic rings. The molecular formula is C17H14ClFN2O5. The number of fused-ring (bicyclic) bond motifs is 1. The second kappa shape index (κ2) is 7.57. The Bertz CT molecular complexity index is 1010. The van der Waals surface area contributed by atoms with E-state index in [9.17, 15) is 14.1 Å². The van der Waals surface area contributed by atoms with Crippen molar-refractivity contribution in [1.82, 2.24) is 9.55 Å². The SMILES string of the molecule is Cc1ncccc1COc1cc2oc(=O)n(CCC(=O)OF)c2cc1Cl. The van der Waals surface area contributed by atoms with Crippen LogP contribution in [-0.2, 0) is 22.9 Å². The van der Waals surface area contributed by atoms with E-state index in [4.69, 9.17) is 20.8 Å². The maximum absolute atomic E-state index is 11.9. The highest BCUT2D eigenvalue weighted by atomic mass is 35.5. The van der Waals surface area contributed by atoms with Gasteiger partial charge in [0.25, 0.3) is 0 Å². The van der Waals surface area contributed by atoms with Crippen molar-refractivity contribution in [2.75, 3.05) is 0 Å². The summed E-state index contributed by atoms with van der Waals surface area (Å²) < 4.78 is 23.8. The average Bonchev–Trinajstić information content (AvgIpc) is 2.93. The largest absolute Gasteiger partial charge is 0.487 e. The van der Waals surface area contributed by atoms with Crippen LogP contribution < -0.4 is 10.5 Å². The molecule has 2 aromatic heterocycles. The fourth-order valence-corrected chi connectivity index (χ4v) is 2.67. The lowest BCUT2D eigenvalue weighted by Crippen LogP contribution is -2.16. The van der Waals surface area contributed by atoms with Gasteiger partial charge in [-0.05, 0) is 19.1 Å². The third-order valence-corrected chi connectivity index (χ3v) is 4.14. The van der Waals surface area contributed by atoms with Gasteiger partial charge in [-0.15, -0.1) is 0 Å². The van der Waals surface area contributed by atoms with E-state index in [0.717, 1.165) is 11.3 Å². The number of hydrogen-bond donors (Lipinski definition) is 0. The molecule has 0 radical (unpaired) electrons. The summed E-state index contributed by atoms with van der Waals surface area (Å²) in [6.07, 6.45) is 1.37. The second-order valence-corrected chi connectivity index (χ2v) is 5.91. The Balaban J connectivity index is 1.85. The van der Waals surface area contributed by atoms with Crippen molar-refractivity contribution in [3.05, 3.63) is 57.3 Å². The van der Waals surface area contributed by atoms with Gasteiger partial charge in [0.05, 0.1) is 17.0 Å². The third-order valence-electron chi connectivity index (χ3n) is 3.85. The number of aryl methyl sites for hydroxylation is 2. The van der Waals surface area contributed by atoms with Gasteiger partial charge in [-0.3, -0.25) is 14.5 Å². The Labute approximate surface area is 151 Å². The maximum atomic E-state index is 11.9. The zero-order valence-corrected chi connectivity index (χ0v) is 14.5. The molecule has 0 bridgehead atoms. The Morgan fingerprint density at radius 2 is 2.23 bits per heavy atom. The van der Waals surface area contributed by atoms with Gasteiger partial charge in [-0.25, -0.2) is 9.59 Å². The van der Waals surface area contributed by atoms with Crippen molar-refractivity contribution in [1.29, 1.82) is 0 Å². The molecule has 7 nitrogen and oxygen atoms in total. The number of carbonyl (C=O) groups is 1. The Morgan fingerprint density at radius 1 is 1.42 bits per heavy atom. The van der Waals surface area contributed by atoms with E-state index in [2.05, 4.69) is 9.93 Å². The predicted molar refractivity (Wildman–Crippen MR) is 90.6 cm³/mol. The molecule has 1 aromatic carbocycles. The molecule has 0 aliphatic heterocycles. The molecule has 0 fully saturated rings. The molecule has 2 heterocycles. The lowest BCUT2D eigenvalue weighted by atomic mass is 10.2. The first kappa shape index (κ1) is 17.9. The van der Waals surface area contributed by atoms with E-state index in [1.807, 2.05) is 13.0 Å². The van der Waals surface area contributed by atoms with Crippen LogP contribution in [0.3, 0.4) is 0 Å². The van der Waals surface area contributed by atoms with Crippen LogP contribution in [0.15, 0.2) is 39.7 Å². The van der Waals surface area contributed by atoms with Crippen LogP contribution in [0.1, 0.15) is 17.7 Å². The molecule has 0 atom stereocenters. The lowest BCUT2D eigenvalue weighted by Gasteiger charge is -2.09. The zero-order chi connectivity index (χ0) is 18.7. The fraction of sp³-hybridized carbons (Fsp3) is 0.235. The van der Waals surface area contributed by atoms with Crippen LogP contribution in [0.4, 0.5) is 4.53 Å². The molecule has 0 aliphatic rings. The maximum Gasteiger partial charge on any atom is 0.419 e. The van der Waals surface area contributed by atoms with Crippen LogP contribution in [0.5, 0.6) is 5.75 Å². The van der Waals surface area contributed by atoms with Crippen molar-refractivity contribution < 1.29 is 23.4 Å². The van der Waals surface area contributed by atoms with Gasteiger partial charge in [0.1, 0.15) is 12.4 Å². The molecule has 26 heavy (non-hydrogen) atoms. The minimum absolute atomic E-state index is 0.0972. The Kier molecular flexibility index (Phi) is 5.22. The molecule has 136 valence electrons. The van der Waals surface area contributed by atoms with E-state index in [0.29, 0.717) is 11.3 Å². The first-order valence-corrected chi connectivity index (χ1v) is 8.05. The highest BCUT2D eigenvalue weighted by Crippen LogP contribution is 2.30. The van der Waals surface area contributed by atoms with Crippen LogP contribution in [0.25, 0.3) is 11.1 Å². The van der Waals surface area contributed by atoms with Crippen LogP contribution in [0.2, 0.25) is 5.02 Å². The molecule has 0 saturated carbocycles. The van der Waals surface area contributed by atoms with E-state index >= 15 is 0 Å². The van der Waals surface area contributed by atoms with Crippen molar-refractivity contribution in [2.45, 2.75) is 26.5 Å². The highest BCUT2D eigenvalue weighted by Gasteiger charge is 2.15. The molecule has 3 rings (SSSR count). The zero-order valence-electron chi connectivity index (χ0n) is 13.7. The van der Waals surface area contributed by atoms with Crippen molar-refractivity contribution in [3.63, 3.8) is 0 Å². The number of hydrogen-bond acceptors (Lipinski definition) is 6.